The monoisotopic (exact) mass is 165 g/mol. The zero-order valence-corrected chi connectivity index (χ0v) is 6.66. The van der Waals surface area contributed by atoms with Gasteiger partial charge in [0.25, 0.3) is 0 Å². The maximum atomic E-state index is 9.39. The van der Waals surface area contributed by atoms with Crippen LogP contribution in [0.4, 0.5) is 0 Å². The van der Waals surface area contributed by atoms with Crippen molar-refractivity contribution in [2.45, 2.75) is 12.5 Å². The average Bonchev–Trinajstić information content (AvgIpc) is 2.07. The van der Waals surface area contributed by atoms with Crippen LogP contribution in [-0.2, 0) is 0 Å². The van der Waals surface area contributed by atoms with Crippen molar-refractivity contribution < 1.29 is 9.84 Å². The molecule has 0 saturated carbocycles. The number of hydrogen-bond donors (Lipinski definition) is 2. The normalized spacial score (nSPS) is 21.2. The fourth-order valence-electron chi connectivity index (χ4n) is 1.43. The Balaban J connectivity index is 2.52. The number of rotatable bonds is 0. The third-order valence-electron chi connectivity index (χ3n) is 2.10. The molecule has 2 rings (SSSR count). The van der Waals surface area contributed by atoms with Crippen molar-refractivity contribution >= 4 is 0 Å². The zero-order chi connectivity index (χ0) is 8.55. The minimum atomic E-state index is 0.000787. The molecule has 1 heterocycles. The van der Waals surface area contributed by atoms with Crippen LogP contribution in [0.1, 0.15) is 18.0 Å². The predicted molar refractivity (Wildman–Crippen MR) is 45.1 cm³/mol. The number of aromatic hydroxyl groups is 1. The molecular weight excluding hydrogens is 154 g/mol. The smallest absolute Gasteiger partial charge is 0.165 e. The van der Waals surface area contributed by atoms with Gasteiger partial charge in [0.05, 0.1) is 6.61 Å². The van der Waals surface area contributed by atoms with Gasteiger partial charge in [-0.25, -0.2) is 0 Å². The average molecular weight is 165 g/mol. The van der Waals surface area contributed by atoms with E-state index < -0.39 is 0 Å². The number of fused-ring (bicyclic) bond motifs is 1. The number of hydrogen-bond acceptors (Lipinski definition) is 3. The number of para-hydroxylation sites is 1. The molecule has 1 aliphatic heterocycles. The summed E-state index contributed by atoms with van der Waals surface area (Å²) in [6.07, 6.45) is 0.816. The van der Waals surface area contributed by atoms with Gasteiger partial charge in [-0.15, -0.1) is 0 Å². The Morgan fingerprint density at radius 3 is 3.08 bits per heavy atom. The zero-order valence-electron chi connectivity index (χ0n) is 6.66. The lowest BCUT2D eigenvalue weighted by Gasteiger charge is -2.23. The van der Waals surface area contributed by atoms with E-state index in [4.69, 9.17) is 10.5 Å². The number of phenols is 1. The largest absolute Gasteiger partial charge is 0.504 e. The molecule has 3 nitrogen and oxygen atoms in total. The van der Waals surface area contributed by atoms with Crippen molar-refractivity contribution in [3.05, 3.63) is 23.8 Å². The van der Waals surface area contributed by atoms with Crippen molar-refractivity contribution in [1.82, 2.24) is 0 Å². The molecule has 3 heteroatoms. The van der Waals surface area contributed by atoms with Gasteiger partial charge in [-0.05, 0) is 6.07 Å². The summed E-state index contributed by atoms with van der Waals surface area (Å²) in [5.74, 6) is 0.735. The third-order valence-corrected chi connectivity index (χ3v) is 2.10. The van der Waals surface area contributed by atoms with Gasteiger partial charge >= 0.3 is 0 Å². The molecule has 3 N–H and O–H groups in total. The molecule has 0 radical (unpaired) electrons. The number of nitrogens with two attached hydrogens (primary N) is 1. The number of benzene rings is 1. The summed E-state index contributed by atoms with van der Waals surface area (Å²) >= 11 is 0. The summed E-state index contributed by atoms with van der Waals surface area (Å²) in [4.78, 5) is 0. The molecule has 0 fully saturated rings. The van der Waals surface area contributed by atoms with Crippen molar-refractivity contribution in [3.63, 3.8) is 0 Å². The number of ether oxygens (including phenoxy) is 1. The second-order valence-corrected chi connectivity index (χ2v) is 2.94. The van der Waals surface area contributed by atoms with E-state index in [1.807, 2.05) is 6.07 Å². The predicted octanol–water partition coefficient (Wildman–Crippen LogP) is 1.17. The summed E-state index contributed by atoms with van der Waals surface area (Å²) in [6.45, 7) is 0.589. The van der Waals surface area contributed by atoms with Gasteiger partial charge in [0.1, 0.15) is 0 Å². The van der Waals surface area contributed by atoms with E-state index in [-0.39, 0.29) is 11.8 Å². The van der Waals surface area contributed by atoms with Crippen molar-refractivity contribution in [2.75, 3.05) is 6.61 Å². The lowest BCUT2D eigenvalue weighted by molar-refractivity contribution is 0.255. The topological polar surface area (TPSA) is 55.5 Å². The van der Waals surface area contributed by atoms with Crippen LogP contribution in [0, 0.1) is 0 Å². The van der Waals surface area contributed by atoms with E-state index in [0.717, 1.165) is 12.0 Å². The van der Waals surface area contributed by atoms with Crippen molar-refractivity contribution in [3.8, 4) is 11.5 Å². The van der Waals surface area contributed by atoms with Gasteiger partial charge in [-0.2, -0.15) is 0 Å². The molecule has 1 aromatic rings. The van der Waals surface area contributed by atoms with E-state index in [1.165, 1.54) is 0 Å². The summed E-state index contributed by atoms with van der Waals surface area (Å²) in [5.41, 5.74) is 6.73. The summed E-state index contributed by atoms with van der Waals surface area (Å²) in [7, 11) is 0. The van der Waals surface area contributed by atoms with Gasteiger partial charge in [0.2, 0.25) is 0 Å². The highest BCUT2D eigenvalue weighted by molar-refractivity contribution is 5.47. The van der Waals surface area contributed by atoms with Crippen LogP contribution in [0.15, 0.2) is 18.2 Å². The molecule has 0 aliphatic carbocycles. The molecule has 0 bridgehead atoms. The molecule has 0 spiro atoms. The molecule has 0 amide bonds. The minimum Gasteiger partial charge on any atom is -0.504 e. The standard InChI is InChI=1S/C9H11NO2/c10-7-4-5-12-9-6(7)2-1-3-8(9)11/h1-3,7,11H,4-5,10H2/t7-/m0/s1. The van der Waals surface area contributed by atoms with E-state index in [2.05, 4.69) is 0 Å². The summed E-state index contributed by atoms with van der Waals surface area (Å²) in [6, 6.07) is 5.28. The van der Waals surface area contributed by atoms with Gasteiger partial charge in [-0.1, -0.05) is 12.1 Å². The molecule has 0 saturated heterocycles. The highest BCUT2D eigenvalue weighted by Crippen LogP contribution is 2.37. The van der Waals surface area contributed by atoms with Gasteiger partial charge < -0.3 is 15.6 Å². The number of phenolic OH excluding ortho intramolecular Hbond substituents is 1. The Hall–Kier alpha value is -1.22. The molecule has 0 aromatic heterocycles. The Morgan fingerprint density at radius 2 is 2.33 bits per heavy atom. The Bertz CT molecular complexity index is 299. The first kappa shape index (κ1) is 7.43. The molecule has 64 valence electrons. The van der Waals surface area contributed by atoms with Crippen LogP contribution in [-0.4, -0.2) is 11.7 Å². The van der Waals surface area contributed by atoms with Crippen LogP contribution in [0.25, 0.3) is 0 Å². The fraction of sp³-hybridized carbons (Fsp3) is 0.333. The Morgan fingerprint density at radius 1 is 1.50 bits per heavy atom. The van der Waals surface area contributed by atoms with Gasteiger partial charge in [-0.3, -0.25) is 0 Å². The molecule has 1 aromatic carbocycles. The first-order valence-electron chi connectivity index (χ1n) is 3.99. The van der Waals surface area contributed by atoms with Gasteiger partial charge in [0, 0.05) is 18.0 Å². The van der Waals surface area contributed by atoms with Gasteiger partial charge in [0.15, 0.2) is 11.5 Å². The van der Waals surface area contributed by atoms with Crippen LogP contribution >= 0.6 is 0 Å². The van der Waals surface area contributed by atoms with Crippen molar-refractivity contribution in [1.29, 1.82) is 0 Å². The van der Waals surface area contributed by atoms with Crippen LogP contribution in [0.2, 0.25) is 0 Å². The second kappa shape index (κ2) is 2.68. The van der Waals surface area contributed by atoms with E-state index in [1.54, 1.807) is 12.1 Å². The maximum absolute atomic E-state index is 9.39. The van der Waals surface area contributed by atoms with E-state index in [0.29, 0.717) is 12.4 Å². The first-order chi connectivity index (χ1) is 5.79. The molecular formula is C9H11NO2. The van der Waals surface area contributed by atoms with Crippen LogP contribution in [0.5, 0.6) is 11.5 Å². The summed E-state index contributed by atoms with van der Waals surface area (Å²) < 4.78 is 5.29. The van der Waals surface area contributed by atoms with Crippen LogP contribution in [0.3, 0.4) is 0 Å². The molecule has 0 unspecified atom stereocenters. The maximum Gasteiger partial charge on any atom is 0.165 e. The second-order valence-electron chi connectivity index (χ2n) is 2.94. The molecule has 1 atom stereocenters. The first-order valence-corrected chi connectivity index (χ1v) is 3.99. The quantitative estimate of drug-likeness (QED) is 0.606. The third kappa shape index (κ3) is 1.02. The van der Waals surface area contributed by atoms with Crippen molar-refractivity contribution in [2.24, 2.45) is 5.73 Å². The SMILES string of the molecule is N[C@H]1CCOc2c(O)cccc21. The van der Waals surface area contributed by atoms with E-state index >= 15 is 0 Å². The highest BCUT2D eigenvalue weighted by atomic mass is 16.5. The van der Waals surface area contributed by atoms with Crippen LogP contribution < -0.4 is 10.5 Å². The lowest BCUT2D eigenvalue weighted by Crippen LogP contribution is -2.20. The minimum absolute atomic E-state index is 0.000787. The highest BCUT2D eigenvalue weighted by Gasteiger charge is 2.19. The molecule has 1 aliphatic rings. The molecule has 12 heavy (non-hydrogen) atoms. The Kier molecular flexibility index (Phi) is 1.66. The fourth-order valence-corrected chi connectivity index (χ4v) is 1.43. The lowest BCUT2D eigenvalue weighted by atomic mass is 10.0. The summed E-state index contributed by atoms with van der Waals surface area (Å²) in [5, 5.41) is 9.39. The van der Waals surface area contributed by atoms with E-state index in [9.17, 15) is 5.11 Å². The Labute approximate surface area is 70.8 Å².